The third kappa shape index (κ3) is 2.76. The van der Waals surface area contributed by atoms with Gasteiger partial charge in [0.15, 0.2) is 0 Å². The summed E-state index contributed by atoms with van der Waals surface area (Å²) in [6, 6.07) is 0.748. The predicted octanol–water partition coefficient (Wildman–Crippen LogP) is 1.70. The van der Waals surface area contributed by atoms with Gasteiger partial charge in [0.2, 0.25) is 0 Å². The zero-order valence-corrected chi connectivity index (χ0v) is 7.72. The lowest BCUT2D eigenvalue weighted by molar-refractivity contribution is 0.107. The van der Waals surface area contributed by atoms with Crippen molar-refractivity contribution in [2.24, 2.45) is 0 Å². The number of hydrogen-bond donors (Lipinski definition) is 1. The van der Waals surface area contributed by atoms with Crippen molar-refractivity contribution in [2.45, 2.75) is 50.7 Å². The second-order valence-electron chi connectivity index (χ2n) is 4.01. The van der Waals surface area contributed by atoms with E-state index < -0.39 is 0 Å². The van der Waals surface area contributed by atoms with E-state index in [-0.39, 0.29) is 0 Å². The van der Waals surface area contributed by atoms with Crippen molar-refractivity contribution >= 4 is 0 Å². The van der Waals surface area contributed by atoms with Gasteiger partial charge in [0.25, 0.3) is 0 Å². The summed E-state index contributed by atoms with van der Waals surface area (Å²) < 4.78 is 5.62. The van der Waals surface area contributed by atoms with Crippen LogP contribution in [0.15, 0.2) is 0 Å². The van der Waals surface area contributed by atoms with Gasteiger partial charge in [0.05, 0.1) is 6.10 Å². The molecule has 1 N–H and O–H groups in total. The smallest absolute Gasteiger partial charge is 0.0577 e. The molecular formula is C10H19NO. The minimum Gasteiger partial charge on any atom is -0.378 e. The van der Waals surface area contributed by atoms with Crippen molar-refractivity contribution in [3.63, 3.8) is 0 Å². The summed E-state index contributed by atoms with van der Waals surface area (Å²) in [5, 5.41) is 3.53. The molecule has 2 heteroatoms. The van der Waals surface area contributed by atoms with E-state index in [1.165, 1.54) is 45.1 Å². The quantitative estimate of drug-likeness (QED) is 0.691. The molecule has 0 spiro atoms. The molecule has 12 heavy (non-hydrogen) atoms. The molecule has 2 fully saturated rings. The van der Waals surface area contributed by atoms with Gasteiger partial charge in [-0.1, -0.05) is 6.42 Å². The summed E-state index contributed by atoms with van der Waals surface area (Å²) in [5.41, 5.74) is 0. The Kier molecular flexibility index (Phi) is 3.01. The van der Waals surface area contributed by atoms with Gasteiger partial charge in [-0.3, -0.25) is 0 Å². The van der Waals surface area contributed by atoms with Gasteiger partial charge >= 0.3 is 0 Å². The van der Waals surface area contributed by atoms with Gasteiger partial charge in [0, 0.05) is 12.6 Å². The highest BCUT2D eigenvalue weighted by Gasteiger charge is 2.22. The molecule has 70 valence electrons. The first-order chi connectivity index (χ1) is 5.95. The first-order valence-corrected chi connectivity index (χ1v) is 5.30. The first-order valence-electron chi connectivity index (χ1n) is 5.30. The van der Waals surface area contributed by atoms with Crippen LogP contribution >= 0.6 is 0 Å². The highest BCUT2D eigenvalue weighted by atomic mass is 16.5. The normalized spacial score (nSPS) is 30.5. The van der Waals surface area contributed by atoms with E-state index in [2.05, 4.69) is 5.32 Å². The van der Waals surface area contributed by atoms with Crippen LogP contribution in [-0.2, 0) is 4.74 Å². The lowest BCUT2D eigenvalue weighted by Crippen LogP contribution is -2.34. The lowest BCUT2D eigenvalue weighted by Gasteiger charge is -2.23. The summed E-state index contributed by atoms with van der Waals surface area (Å²) in [7, 11) is 0. The largest absolute Gasteiger partial charge is 0.378 e. The number of ether oxygens (including phenoxy) is 1. The molecule has 0 radical (unpaired) electrons. The molecule has 1 saturated heterocycles. The van der Waals surface area contributed by atoms with Gasteiger partial charge in [-0.25, -0.2) is 0 Å². The van der Waals surface area contributed by atoms with E-state index in [1.807, 2.05) is 0 Å². The molecule has 0 aromatic heterocycles. The second kappa shape index (κ2) is 4.24. The Bertz CT molecular complexity index is 128. The molecule has 1 aliphatic heterocycles. The van der Waals surface area contributed by atoms with Crippen LogP contribution in [0.3, 0.4) is 0 Å². The Hall–Kier alpha value is -0.0800. The molecule has 0 bridgehead atoms. The van der Waals surface area contributed by atoms with Crippen LogP contribution in [0.1, 0.15) is 38.5 Å². The molecule has 0 amide bonds. The van der Waals surface area contributed by atoms with Gasteiger partial charge in [0.1, 0.15) is 0 Å². The summed E-state index contributed by atoms with van der Waals surface area (Å²) in [6.07, 6.45) is 8.58. The van der Waals surface area contributed by atoms with E-state index >= 15 is 0 Å². The topological polar surface area (TPSA) is 21.3 Å². The fourth-order valence-electron chi connectivity index (χ4n) is 1.78. The average molecular weight is 169 g/mol. The van der Waals surface area contributed by atoms with E-state index in [0.29, 0.717) is 6.10 Å². The molecule has 0 unspecified atom stereocenters. The number of nitrogens with one attached hydrogen (secondary N) is 1. The molecule has 2 aliphatic rings. The van der Waals surface area contributed by atoms with Crippen LogP contribution in [-0.4, -0.2) is 25.3 Å². The van der Waals surface area contributed by atoms with Crippen LogP contribution in [0.25, 0.3) is 0 Å². The summed E-state index contributed by atoms with van der Waals surface area (Å²) in [4.78, 5) is 0. The Balaban J connectivity index is 1.52. The van der Waals surface area contributed by atoms with E-state index in [1.54, 1.807) is 0 Å². The fourth-order valence-corrected chi connectivity index (χ4v) is 1.78. The minimum atomic E-state index is 0.633. The molecule has 2 rings (SSSR count). The van der Waals surface area contributed by atoms with Crippen molar-refractivity contribution in [2.75, 3.05) is 13.2 Å². The van der Waals surface area contributed by atoms with Gasteiger partial charge in [-0.05, 0) is 38.6 Å². The maximum absolute atomic E-state index is 5.62. The van der Waals surface area contributed by atoms with Gasteiger partial charge in [-0.15, -0.1) is 0 Å². The minimum absolute atomic E-state index is 0.633. The van der Waals surface area contributed by atoms with Crippen molar-refractivity contribution in [3.8, 4) is 0 Å². The van der Waals surface area contributed by atoms with E-state index in [9.17, 15) is 0 Å². The van der Waals surface area contributed by atoms with Gasteiger partial charge < -0.3 is 10.1 Å². The number of hydrogen-bond acceptors (Lipinski definition) is 2. The molecule has 1 atom stereocenters. The number of rotatable bonds is 4. The molecule has 0 aromatic rings. The molecular weight excluding hydrogens is 150 g/mol. The molecule has 1 saturated carbocycles. The molecule has 2 nitrogen and oxygen atoms in total. The van der Waals surface area contributed by atoms with E-state index in [0.717, 1.165) is 12.6 Å². The highest BCUT2D eigenvalue weighted by molar-refractivity contribution is 4.75. The Morgan fingerprint density at radius 2 is 2.08 bits per heavy atom. The predicted molar refractivity (Wildman–Crippen MR) is 49.2 cm³/mol. The Morgan fingerprint density at radius 3 is 2.75 bits per heavy atom. The monoisotopic (exact) mass is 169 g/mol. The molecule has 1 heterocycles. The van der Waals surface area contributed by atoms with Crippen LogP contribution in [0.5, 0.6) is 0 Å². The van der Waals surface area contributed by atoms with Crippen molar-refractivity contribution < 1.29 is 4.74 Å². The number of piperidine rings is 1. The van der Waals surface area contributed by atoms with Crippen LogP contribution < -0.4 is 5.32 Å². The highest BCUT2D eigenvalue weighted by Crippen LogP contribution is 2.23. The zero-order chi connectivity index (χ0) is 8.23. The van der Waals surface area contributed by atoms with Crippen molar-refractivity contribution in [1.29, 1.82) is 0 Å². The van der Waals surface area contributed by atoms with Crippen molar-refractivity contribution in [1.82, 2.24) is 5.32 Å². The summed E-state index contributed by atoms with van der Waals surface area (Å²) in [5.74, 6) is 0. The lowest BCUT2D eigenvalue weighted by atomic mass is 10.0. The molecule has 1 aliphatic carbocycles. The fraction of sp³-hybridized carbons (Fsp3) is 1.00. The van der Waals surface area contributed by atoms with Crippen LogP contribution in [0.2, 0.25) is 0 Å². The second-order valence-corrected chi connectivity index (χ2v) is 4.01. The van der Waals surface area contributed by atoms with Crippen LogP contribution in [0.4, 0.5) is 0 Å². The average Bonchev–Trinajstić information content (AvgIpc) is 2.90. The maximum Gasteiger partial charge on any atom is 0.0577 e. The zero-order valence-electron chi connectivity index (χ0n) is 7.72. The molecule has 0 aromatic carbocycles. The van der Waals surface area contributed by atoms with E-state index in [4.69, 9.17) is 4.74 Å². The maximum atomic E-state index is 5.62. The van der Waals surface area contributed by atoms with Gasteiger partial charge in [-0.2, -0.15) is 0 Å². The third-order valence-corrected chi connectivity index (χ3v) is 2.76. The van der Waals surface area contributed by atoms with Crippen molar-refractivity contribution in [3.05, 3.63) is 0 Å². The Morgan fingerprint density at radius 1 is 1.17 bits per heavy atom. The third-order valence-electron chi connectivity index (χ3n) is 2.76. The SMILES string of the molecule is C1CC[C@@H](CCOC2CC2)NC1. The summed E-state index contributed by atoms with van der Waals surface area (Å²) in [6.45, 7) is 2.19. The first kappa shape index (κ1) is 8.52. The van der Waals surface area contributed by atoms with Crippen LogP contribution in [0, 0.1) is 0 Å². The standard InChI is InChI=1S/C10H19NO/c1-2-7-11-9(3-1)6-8-12-10-4-5-10/h9-11H,1-8H2/t9-/m0/s1. The summed E-state index contributed by atoms with van der Waals surface area (Å²) >= 11 is 0. The Labute approximate surface area is 74.7 Å².